The molecule has 0 saturated heterocycles. The largest absolute Gasteiger partial charge is 0.497 e. The summed E-state index contributed by atoms with van der Waals surface area (Å²) >= 11 is 0. The van der Waals surface area contributed by atoms with E-state index >= 15 is 0 Å². The molecule has 0 radical (unpaired) electrons. The molecule has 0 heterocycles. The second kappa shape index (κ2) is 9.70. The van der Waals surface area contributed by atoms with Gasteiger partial charge in [-0.1, -0.05) is 25.3 Å². The van der Waals surface area contributed by atoms with Crippen LogP contribution in [0.4, 0.5) is 0 Å². The molecule has 0 aromatic heterocycles. The second-order valence-electron chi connectivity index (χ2n) is 6.66. The van der Waals surface area contributed by atoms with Crippen LogP contribution in [-0.2, 0) is 6.42 Å². The third kappa shape index (κ3) is 5.53. The number of aliphatic hydroxyl groups excluding tert-OH is 1. The first-order chi connectivity index (χ1) is 11.6. The van der Waals surface area contributed by atoms with Crippen molar-refractivity contribution in [2.24, 2.45) is 0 Å². The van der Waals surface area contributed by atoms with Gasteiger partial charge in [-0.05, 0) is 44.5 Å². The Bertz CT molecular complexity index is 512. The van der Waals surface area contributed by atoms with Crippen LogP contribution in [0, 0.1) is 0 Å². The van der Waals surface area contributed by atoms with Gasteiger partial charge >= 0.3 is 0 Å². The molecule has 1 unspecified atom stereocenters. The number of rotatable bonds is 9. The highest BCUT2D eigenvalue weighted by molar-refractivity contribution is 5.41. The fourth-order valence-corrected chi connectivity index (χ4v) is 3.38. The molecule has 1 aliphatic rings. The number of nitrogens with zero attached hydrogens (tertiary/aromatic N) is 1. The van der Waals surface area contributed by atoms with Gasteiger partial charge in [0.05, 0.1) is 7.11 Å². The number of aliphatic hydroxyl groups is 1. The van der Waals surface area contributed by atoms with E-state index in [2.05, 4.69) is 18.5 Å². The number of hydrogen-bond donors (Lipinski definition) is 1. The van der Waals surface area contributed by atoms with Crippen LogP contribution in [0.15, 0.2) is 30.9 Å². The van der Waals surface area contributed by atoms with Crippen molar-refractivity contribution < 1.29 is 14.6 Å². The van der Waals surface area contributed by atoms with E-state index in [0.717, 1.165) is 17.1 Å². The molecule has 134 valence electrons. The predicted octanol–water partition coefficient (Wildman–Crippen LogP) is 3.43. The molecule has 4 heteroatoms. The highest BCUT2D eigenvalue weighted by Gasteiger charge is 2.20. The van der Waals surface area contributed by atoms with Gasteiger partial charge in [0.15, 0.2) is 0 Å². The van der Waals surface area contributed by atoms with E-state index in [4.69, 9.17) is 9.47 Å². The lowest BCUT2D eigenvalue weighted by atomic mass is 9.94. The van der Waals surface area contributed by atoms with Crippen molar-refractivity contribution in [3.63, 3.8) is 0 Å². The molecule has 0 bridgehead atoms. The Morgan fingerprint density at radius 1 is 1.33 bits per heavy atom. The maximum absolute atomic E-state index is 10.3. The first-order valence-electron chi connectivity index (χ1n) is 8.93. The van der Waals surface area contributed by atoms with Crippen LogP contribution < -0.4 is 9.47 Å². The van der Waals surface area contributed by atoms with E-state index < -0.39 is 6.10 Å². The van der Waals surface area contributed by atoms with Gasteiger partial charge in [-0.15, -0.1) is 6.58 Å². The maximum Gasteiger partial charge on any atom is 0.123 e. The van der Waals surface area contributed by atoms with E-state index in [0.29, 0.717) is 25.6 Å². The molecule has 4 nitrogen and oxygen atoms in total. The number of hydrogen-bond acceptors (Lipinski definition) is 4. The molecule has 0 aliphatic heterocycles. The molecule has 2 rings (SSSR count). The Balaban J connectivity index is 1.86. The normalized spacial score (nSPS) is 16.8. The minimum Gasteiger partial charge on any atom is -0.497 e. The Labute approximate surface area is 146 Å². The summed E-state index contributed by atoms with van der Waals surface area (Å²) in [7, 11) is 3.76. The standard InChI is InChI=1S/C20H31NO3/c1-4-8-16-13-19(23-3)11-12-20(16)24-15-18(22)14-21(2)17-9-6-5-7-10-17/h4,11-13,17-18,22H,1,5-10,14-15H2,2-3H3. The highest BCUT2D eigenvalue weighted by Crippen LogP contribution is 2.25. The van der Waals surface area contributed by atoms with Crippen LogP contribution >= 0.6 is 0 Å². The van der Waals surface area contributed by atoms with Gasteiger partial charge in [0.2, 0.25) is 0 Å². The monoisotopic (exact) mass is 333 g/mol. The number of methoxy groups -OCH3 is 1. The highest BCUT2D eigenvalue weighted by atomic mass is 16.5. The minimum absolute atomic E-state index is 0.299. The van der Waals surface area contributed by atoms with E-state index in [9.17, 15) is 5.11 Å². The van der Waals surface area contributed by atoms with Gasteiger partial charge < -0.3 is 19.5 Å². The zero-order valence-electron chi connectivity index (χ0n) is 15.0. The first-order valence-corrected chi connectivity index (χ1v) is 8.93. The molecule has 24 heavy (non-hydrogen) atoms. The Morgan fingerprint density at radius 2 is 2.08 bits per heavy atom. The van der Waals surface area contributed by atoms with Crippen LogP contribution in [0.1, 0.15) is 37.7 Å². The summed E-state index contributed by atoms with van der Waals surface area (Å²) in [5, 5.41) is 10.3. The topological polar surface area (TPSA) is 41.9 Å². The van der Waals surface area contributed by atoms with Crippen LogP contribution in [0.3, 0.4) is 0 Å². The van der Waals surface area contributed by atoms with E-state index in [1.165, 1.54) is 32.1 Å². The van der Waals surface area contributed by atoms with E-state index in [-0.39, 0.29) is 0 Å². The Kier molecular flexibility index (Phi) is 7.60. The van der Waals surface area contributed by atoms with Gasteiger partial charge in [0.1, 0.15) is 24.2 Å². The fourth-order valence-electron chi connectivity index (χ4n) is 3.38. The first kappa shape index (κ1) is 18.8. The Hall–Kier alpha value is -1.52. The van der Waals surface area contributed by atoms with Crippen LogP contribution in [0.5, 0.6) is 11.5 Å². The lowest BCUT2D eigenvalue weighted by Gasteiger charge is -2.32. The summed E-state index contributed by atoms with van der Waals surface area (Å²) in [6.45, 7) is 4.74. The zero-order chi connectivity index (χ0) is 17.4. The van der Waals surface area contributed by atoms with Crippen molar-refractivity contribution in [1.82, 2.24) is 4.90 Å². The summed E-state index contributed by atoms with van der Waals surface area (Å²) < 4.78 is 11.1. The summed E-state index contributed by atoms with van der Waals surface area (Å²) in [5.74, 6) is 1.59. The molecule has 1 aliphatic carbocycles. The van der Waals surface area contributed by atoms with Crippen LogP contribution in [-0.4, -0.2) is 49.5 Å². The lowest BCUT2D eigenvalue weighted by molar-refractivity contribution is 0.0559. The summed E-state index contributed by atoms with van der Waals surface area (Å²) in [5.41, 5.74) is 1.03. The van der Waals surface area contributed by atoms with Crippen molar-refractivity contribution in [3.05, 3.63) is 36.4 Å². The maximum atomic E-state index is 10.3. The molecular weight excluding hydrogens is 302 g/mol. The number of likely N-dealkylation sites (N-methyl/N-ethyl adjacent to an activating group) is 1. The van der Waals surface area contributed by atoms with Gasteiger partial charge in [-0.2, -0.15) is 0 Å². The lowest BCUT2D eigenvalue weighted by Crippen LogP contribution is -2.40. The molecule has 1 fully saturated rings. The average Bonchev–Trinajstić information content (AvgIpc) is 2.61. The summed E-state index contributed by atoms with van der Waals surface area (Å²) in [6, 6.07) is 6.33. The number of allylic oxidation sites excluding steroid dienone is 1. The fraction of sp³-hybridized carbons (Fsp3) is 0.600. The molecular formula is C20H31NO3. The van der Waals surface area contributed by atoms with Crippen molar-refractivity contribution >= 4 is 0 Å². The number of ether oxygens (including phenoxy) is 2. The molecule has 1 N–H and O–H groups in total. The summed E-state index contributed by atoms with van der Waals surface area (Å²) in [4.78, 5) is 2.28. The van der Waals surface area contributed by atoms with Crippen LogP contribution in [0.25, 0.3) is 0 Å². The van der Waals surface area contributed by atoms with Crippen molar-refractivity contribution in [1.29, 1.82) is 0 Å². The van der Waals surface area contributed by atoms with E-state index in [1.807, 2.05) is 24.3 Å². The quantitative estimate of drug-likeness (QED) is 0.703. The van der Waals surface area contributed by atoms with Gasteiger partial charge in [0.25, 0.3) is 0 Å². The van der Waals surface area contributed by atoms with Gasteiger partial charge in [-0.3, -0.25) is 0 Å². The van der Waals surface area contributed by atoms with Crippen molar-refractivity contribution in [2.75, 3.05) is 27.3 Å². The second-order valence-corrected chi connectivity index (χ2v) is 6.66. The molecule has 0 amide bonds. The average molecular weight is 333 g/mol. The number of benzene rings is 1. The van der Waals surface area contributed by atoms with E-state index in [1.54, 1.807) is 7.11 Å². The van der Waals surface area contributed by atoms with Crippen molar-refractivity contribution in [3.8, 4) is 11.5 Å². The van der Waals surface area contributed by atoms with Gasteiger partial charge in [0, 0.05) is 18.2 Å². The Morgan fingerprint density at radius 3 is 2.75 bits per heavy atom. The molecule has 1 aromatic rings. The van der Waals surface area contributed by atoms with Crippen molar-refractivity contribution in [2.45, 2.75) is 50.7 Å². The van der Waals surface area contributed by atoms with Crippen LogP contribution in [0.2, 0.25) is 0 Å². The third-order valence-electron chi connectivity index (χ3n) is 4.76. The molecule has 1 atom stereocenters. The summed E-state index contributed by atoms with van der Waals surface area (Å²) in [6.07, 6.45) is 8.50. The third-order valence-corrected chi connectivity index (χ3v) is 4.76. The molecule has 0 spiro atoms. The molecule has 1 saturated carbocycles. The minimum atomic E-state index is -0.490. The molecule has 1 aromatic carbocycles. The van der Waals surface area contributed by atoms with Gasteiger partial charge in [-0.25, -0.2) is 0 Å². The zero-order valence-corrected chi connectivity index (χ0v) is 15.0. The smallest absolute Gasteiger partial charge is 0.123 e. The predicted molar refractivity (Wildman–Crippen MR) is 97.9 cm³/mol. The SMILES string of the molecule is C=CCc1cc(OC)ccc1OCC(O)CN(C)C1CCCCC1.